The normalized spacial score (nSPS) is 20.5. The monoisotopic (exact) mass is 222 g/mol. The summed E-state index contributed by atoms with van der Waals surface area (Å²) in [7, 11) is 0. The summed E-state index contributed by atoms with van der Waals surface area (Å²) in [4.78, 5) is 4.05. The number of halogens is 1. The van der Waals surface area contributed by atoms with Crippen molar-refractivity contribution < 1.29 is 0 Å². The number of nitrogens with one attached hydrogen (secondary N) is 1. The Kier molecular flexibility index (Phi) is 3.75. The maximum atomic E-state index is 5.72. The summed E-state index contributed by atoms with van der Waals surface area (Å²) in [6.45, 7) is 0.860. The third kappa shape index (κ3) is 3.33. The first-order valence-electron chi connectivity index (χ1n) is 5.35. The molecule has 1 heterocycles. The zero-order valence-electron chi connectivity index (χ0n) is 8.62. The van der Waals surface area contributed by atoms with Crippen LogP contribution in [-0.4, -0.2) is 11.0 Å². The summed E-state index contributed by atoms with van der Waals surface area (Å²) >= 11 is 5.72. The highest BCUT2D eigenvalue weighted by Crippen LogP contribution is 2.11. The Bertz CT molecular complexity index is 332. The lowest BCUT2D eigenvalue weighted by Crippen LogP contribution is -2.27. The summed E-state index contributed by atoms with van der Waals surface area (Å²) in [6, 6.07) is 4.36. The Morgan fingerprint density at radius 1 is 1.47 bits per heavy atom. The smallest absolute Gasteiger partial charge is 0.129 e. The van der Waals surface area contributed by atoms with Crippen molar-refractivity contribution in [1.29, 1.82) is 0 Å². The van der Waals surface area contributed by atoms with Gasteiger partial charge in [0, 0.05) is 18.8 Å². The quantitative estimate of drug-likeness (QED) is 0.629. The molecule has 0 fully saturated rings. The van der Waals surface area contributed by atoms with Gasteiger partial charge in [-0.1, -0.05) is 29.8 Å². The van der Waals surface area contributed by atoms with Crippen LogP contribution in [0.5, 0.6) is 0 Å². The third-order valence-corrected chi connectivity index (χ3v) is 2.83. The molecule has 1 N–H and O–H groups in total. The second kappa shape index (κ2) is 5.29. The van der Waals surface area contributed by atoms with Gasteiger partial charge in [-0.25, -0.2) is 4.98 Å². The van der Waals surface area contributed by atoms with E-state index in [0.29, 0.717) is 11.2 Å². The minimum atomic E-state index is 0.523. The van der Waals surface area contributed by atoms with Crippen molar-refractivity contribution in [2.45, 2.75) is 31.8 Å². The summed E-state index contributed by atoms with van der Waals surface area (Å²) in [5.41, 5.74) is 1.18. The van der Waals surface area contributed by atoms with E-state index in [9.17, 15) is 0 Å². The molecule has 0 bridgehead atoms. The highest BCUT2D eigenvalue weighted by atomic mass is 35.5. The first-order chi connectivity index (χ1) is 7.34. The van der Waals surface area contributed by atoms with Crippen LogP contribution in [0.1, 0.15) is 24.8 Å². The molecule has 1 aromatic rings. The second-order valence-corrected chi connectivity index (χ2v) is 4.22. The number of allylic oxidation sites excluding steroid dienone is 1. The minimum absolute atomic E-state index is 0.523. The molecule has 0 radical (unpaired) electrons. The molecule has 1 aromatic heterocycles. The first-order valence-corrected chi connectivity index (χ1v) is 5.73. The largest absolute Gasteiger partial charge is 0.306 e. The van der Waals surface area contributed by atoms with Crippen LogP contribution in [0.15, 0.2) is 30.5 Å². The average molecular weight is 223 g/mol. The molecule has 1 unspecified atom stereocenters. The highest BCUT2D eigenvalue weighted by molar-refractivity contribution is 6.29. The number of pyridine rings is 1. The Morgan fingerprint density at radius 3 is 3.07 bits per heavy atom. The maximum absolute atomic E-state index is 5.72. The molecule has 1 aliphatic rings. The van der Waals surface area contributed by atoms with Crippen LogP contribution in [0.3, 0.4) is 0 Å². The Balaban J connectivity index is 1.84. The Hall–Kier alpha value is -0.860. The predicted molar refractivity (Wildman–Crippen MR) is 62.9 cm³/mol. The molecule has 0 saturated carbocycles. The van der Waals surface area contributed by atoms with Gasteiger partial charge < -0.3 is 5.32 Å². The summed E-state index contributed by atoms with van der Waals surface area (Å²) in [6.07, 6.45) is 10.1. The van der Waals surface area contributed by atoms with Crippen LogP contribution >= 0.6 is 11.6 Å². The lowest BCUT2D eigenvalue weighted by molar-refractivity contribution is 0.522. The van der Waals surface area contributed by atoms with E-state index in [0.717, 1.165) is 6.54 Å². The van der Waals surface area contributed by atoms with Gasteiger partial charge in [0.25, 0.3) is 0 Å². The maximum Gasteiger partial charge on any atom is 0.129 e. The van der Waals surface area contributed by atoms with E-state index in [-0.39, 0.29) is 0 Å². The molecule has 0 spiro atoms. The Labute approximate surface area is 95.4 Å². The van der Waals surface area contributed by atoms with Crippen molar-refractivity contribution in [3.05, 3.63) is 41.2 Å². The fraction of sp³-hybridized carbons (Fsp3) is 0.417. The SMILES string of the molecule is Clc1ccc(CNC2C=CCCC2)cn1. The number of hydrogen-bond acceptors (Lipinski definition) is 2. The van der Waals surface area contributed by atoms with Crippen molar-refractivity contribution in [2.75, 3.05) is 0 Å². The van der Waals surface area contributed by atoms with Crippen LogP contribution in [0.2, 0.25) is 5.15 Å². The zero-order chi connectivity index (χ0) is 10.5. The number of aromatic nitrogens is 1. The van der Waals surface area contributed by atoms with Crippen LogP contribution in [-0.2, 0) is 6.54 Å². The molecule has 15 heavy (non-hydrogen) atoms. The van der Waals surface area contributed by atoms with Crippen molar-refractivity contribution in [2.24, 2.45) is 0 Å². The third-order valence-electron chi connectivity index (χ3n) is 2.61. The summed E-state index contributed by atoms with van der Waals surface area (Å²) < 4.78 is 0. The molecule has 0 aliphatic heterocycles. The second-order valence-electron chi connectivity index (χ2n) is 3.84. The summed E-state index contributed by atoms with van der Waals surface area (Å²) in [5, 5.41) is 4.04. The predicted octanol–water partition coefficient (Wildman–Crippen LogP) is 2.93. The molecule has 1 atom stereocenters. The average Bonchev–Trinajstić information content (AvgIpc) is 2.30. The standard InChI is InChI=1S/C12H15ClN2/c13-12-7-6-10(9-15-12)8-14-11-4-2-1-3-5-11/h2,4,6-7,9,11,14H,1,3,5,8H2. The van der Waals surface area contributed by atoms with Crippen molar-refractivity contribution in [3.8, 4) is 0 Å². The molecular formula is C12H15ClN2. The van der Waals surface area contributed by atoms with E-state index < -0.39 is 0 Å². The molecule has 2 rings (SSSR count). The fourth-order valence-corrected chi connectivity index (χ4v) is 1.85. The van der Waals surface area contributed by atoms with Gasteiger partial charge >= 0.3 is 0 Å². The minimum Gasteiger partial charge on any atom is -0.306 e. The number of hydrogen-bond donors (Lipinski definition) is 1. The number of rotatable bonds is 3. The molecule has 0 amide bonds. The topological polar surface area (TPSA) is 24.9 Å². The Morgan fingerprint density at radius 2 is 2.40 bits per heavy atom. The van der Waals surface area contributed by atoms with Crippen LogP contribution in [0, 0.1) is 0 Å². The van der Waals surface area contributed by atoms with Crippen molar-refractivity contribution >= 4 is 11.6 Å². The van der Waals surface area contributed by atoms with Gasteiger partial charge in [0.1, 0.15) is 5.15 Å². The van der Waals surface area contributed by atoms with E-state index in [1.165, 1.54) is 24.8 Å². The van der Waals surface area contributed by atoms with E-state index in [1.54, 1.807) is 0 Å². The molecule has 2 nitrogen and oxygen atoms in total. The zero-order valence-corrected chi connectivity index (χ0v) is 9.37. The van der Waals surface area contributed by atoms with Gasteiger partial charge in [0.15, 0.2) is 0 Å². The van der Waals surface area contributed by atoms with E-state index in [1.807, 2.05) is 18.3 Å². The van der Waals surface area contributed by atoms with Gasteiger partial charge in [-0.15, -0.1) is 0 Å². The molecule has 1 aliphatic carbocycles. The van der Waals surface area contributed by atoms with Crippen LogP contribution in [0.25, 0.3) is 0 Å². The molecule has 80 valence electrons. The van der Waals surface area contributed by atoms with Crippen LogP contribution < -0.4 is 5.32 Å². The van der Waals surface area contributed by atoms with E-state index in [4.69, 9.17) is 11.6 Å². The lowest BCUT2D eigenvalue weighted by atomic mass is 10.0. The van der Waals surface area contributed by atoms with E-state index >= 15 is 0 Å². The van der Waals surface area contributed by atoms with Gasteiger partial charge in [-0.3, -0.25) is 0 Å². The van der Waals surface area contributed by atoms with Crippen molar-refractivity contribution in [1.82, 2.24) is 10.3 Å². The van der Waals surface area contributed by atoms with Gasteiger partial charge in [0.05, 0.1) is 0 Å². The molecule has 0 aromatic carbocycles. The molecule has 0 saturated heterocycles. The van der Waals surface area contributed by atoms with Gasteiger partial charge in [-0.2, -0.15) is 0 Å². The van der Waals surface area contributed by atoms with Crippen molar-refractivity contribution in [3.63, 3.8) is 0 Å². The van der Waals surface area contributed by atoms with Gasteiger partial charge in [-0.05, 0) is 30.9 Å². The first kappa shape index (κ1) is 10.7. The van der Waals surface area contributed by atoms with E-state index in [2.05, 4.69) is 22.5 Å². The molecular weight excluding hydrogens is 208 g/mol. The lowest BCUT2D eigenvalue weighted by Gasteiger charge is -2.17. The fourth-order valence-electron chi connectivity index (χ4n) is 1.74. The van der Waals surface area contributed by atoms with Crippen LogP contribution in [0.4, 0.5) is 0 Å². The highest BCUT2D eigenvalue weighted by Gasteiger charge is 2.06. The number of nitrogens with zero attached hydrogens (tertiary/aromatic N) is 1. The molecule has 3 heteroatoms. The summed E-state index contributed by atoms with van der Waals surface area (Å²) in [5.74, 6) is 0. The van der Waals surface area contributed by atoms with Gasteiger partial charge in [0.2, 0.25) is 0 Å².